The van der Waals surface area contributed by atoms with Crippen molar-refractivity contribution in [3.05, 3.63) is 0 Å². The molecule has 7 unspecified atom stereocenters. The van der Waals surface area contributed by atoms with Gasteiger partial charge in [0.1, 0.15) is 6.10 Å². The fraction of sp³-hybridized carbons (Fsp3) is 1.00. The van der Waals surface area contributed by atoms with Gasteiger partial charge in [-0.3, -0.25) is 4.90 Å². The maximum absolute atomic E-state index is 15.5. The first-order valence-corrected chi connectivity index (χ1v) is 10.7. The van der Waals surface area contributed by atoms with Crippen molar-refractivity contribution in [1.29, 1.82) is 0 Å². The highest BCUT2D eigenvalue weighted by Crippen LogP contribution is 2.51. The largest absolute Gasteiger partial charge is 0.429 e. The minimum absolute atomic E-state index is 0.167. The predicted octanol–water partition coefficient (Wildman–Crippen LogP) is 6.57. The lowest BCUT2D eigenvalue weighted by Gasteiger charge is -2.45. The van der Waals surface area contributed by atoms with E-state index < -0.39 is 116 Å². The zero-order valence-electron chi connectivity index (χ0n) is 19.3. The Kier molecular flexibility index (Phi) is 9.13. The molecule has 0 aliphatic carbocycles. The van der Waals surface area contributed by atoms with Crippen LogP contribution in [0.4, 0.5) is 74.6 Å². The third-order valence-corrected chi connectivity index (χ3v) is 6.68. The first kappa shape index (κ1) is 33.9. The minimum Gasteiger partial charge on any atom is -0.378 e. The Morgan fingerprint density at radius 3 is 1.59 bits per heavy atom. The summed E-state index contributed by atoms with van der Waals surface area (Å²) in [5, 5.41) is 0. The molecule has 0 saturated carbocycles. The molecule has 0 aromatic heterocycles. The topological polar surface area (TPSA) is 21.7 Å². The van der Waals surface area contributed by atoms with Gasteiger partial charge in [0.15, 0.2) is 6.30 Å². The van der Waals surface area contributed by atoms with Crippen LogP contribution in [0.25, 0.3) is 0 Å². The Balaban J connectivity index is 2.43. The van der Waals surface area contributed by atoms with Crippen LogP contribution in [-0.2, 0) is 9.47 Å². The maximum Gasteiger partial charge on any atom is 0.429 e. The Morgan fingerprint density at radius 1 is 0.744 bits per heavy atom. The number of piperidine rings is 1. The van der Waals surface area contributed by atoms with Gasteiger partial charge < -0.3 is 9.47 Å². The first-order valence-electron chi connectivity index (χ1n) is 10.7. The Labute approximate surface area is 208 Å². The smallest absolute Gasteiger partial charge is 0.378 e. The summed E-state index contributed by atoms with van der Waals surface area (Å²) in [7, 11) is 0. The highest BCUT2D eigenvalue weighted by Gasteiger charge is 2.71. The molecule has 0 radical (unpaired) electrons. The van der Waals surface area contributed by atoms with E-state index in [1.165, 1.54) is 0 Å². The molecule has 2 fully saturated rings. The Hall–Kier alpha value is -1.31. The van der Waals surface area contributed by atoms with Gasteiger partial charge in [-0.2, -0.15) is 52.7 Å². The van der Waals surface area contributed by atoms with Crippen LogP contribution in [0, 0.1) is 17.3 Å². The van der Waals surface area contributed by atoms with Gasteiger partial charge in [-0.1, -0.05) is 0 Å². The summed E-state index contributed by atoms with van der Waals surface area (Å²) in [6.45, 7) is -9.10. The number of hydrogen-bond donors (Lipinski definition) is 0. The second-order valence-electron chi connectivity index (χ2n) is 9.67. The van der Waals surface area contributed by atoms with Crippen LogP contribution in [0.15, 0.2) is 0 Å². The lowest BCUT2D eigenvalue weighted by molar-refractivity contribution is -0.317. The molecule has 2 aliphatic rings. The second-order valence-corrected chi connectivity index (χ2v) is 9.67. The van der Waals surface area contributed by atoms with Gasteiger partial charge in [0.25, 0.3) is 17.8 Å². The minimum atomic E-state index is -6.49. The zero-order chi connectivity index (χ0) is 30.6. The van der Waals surface area contributed by atoms with E-state index in [1.807, 2.05) is 0 Å². The van der Waals surface area contributed by atoms with Crippen molar-refractivity contribution in [1.82, 2.24) is 4.90 Å². The zero-order valence-corrected chi connectivity index (χ0v) is 19.3. The molecule has 0 aromatic carbocycles. The highest BCUT2D eigenvalue weighted by molar-refractivity contribution is 5.05. The summed E-state index contributed by atoms with van der Waals surface area (Å²) in [6.07, 6.45) is -38.0. The van der Waals surface area contributed by atoms with E-state index in [9.17, 15) is 65.9 Å². The molecule has 3 nitrogen and oxygen atoms in total. The van der Waals surface area contributed by atoms with E-state index in [0.717, 1.165) is 0 Å². The number of rotatable bonds is 5. The van der Waals surface area contributed by atoms with Crippen molar-refractivity contribution in [3.8, 4) is 0 Å². The van der Waals surface area contributed by atoms with Crippen LogP contribution in [-0.4, -0.2) is 92.7 Å². The summed E-state index contributed by atoms with van der Waals surface area (Å²) < 4.78 is 240. The fourth-order valence-corrected chi connectivity index (χ4v) is 4.24. The van der Waals surface area contributed by atoms with E-state index in [-0.39, 0.29) is 6.92 Å². The van der Waals surface area contributed by atoms with Crippen LogP contribution >= 0.6 is 0 Å². The fourth-order valence-electron chi connectivity index (χ4n) is 4.24. The predicted molar refractivity (Wildman–Crippen MR) is 94.6 cm³/mol. The van der Waals surface area contributed by atoms with Crippen molar-refractivity contribution in [2.75, 3.05) is 32.9 Å². The van der Waals surface area contributed by atoms with Crippen LogP contribution in [0.1, 0.15) is 13.3 Å². The number of ether oxygens (including phenoxy) is 2. The lowest BCUT2D eigenvalue weighted by atomic mass is 9.82. The van der Waals surface area contributed by atoms with Crippen molar-refractivity contribution < 1.29 is 84.1 Å². The SMILES string of the molecule is CC1(C(F)(F)C(F)C(F)(F)F)COCC(C(F)(C(F)N2CC(C(F)(F)F)CC(C(F)(F)F)C2)C(F)(F)F)OC1. The molecule has 2 rings (SSSR count). The van der Waals surface area contributed by atoms with Crippen molar-refractivity contribution in [3.63, 3.8) is 0 Å². The molecule has 39 heavy (non-hydrogen) atoms. The Morgan fingerprint density at radius 2 is 1.21 bits per heavy atom. The Bertz CT molecular complexity index is 818. The van der Waals surface area contributed by atoms with Gasteiger partial charge in [-0.05, 0) is 13.3 Å². The third kappa shape index (κ3) is 6.62. The monoisotopic (exact) mass is 617 g/mol. The number of likely N-dealkylation sites (tertiary alicyclic amines) is 1. The normalized spacial score (nSPS) is 32.3. The summed E-state index contributed by atoms with van der Waals surface area (Å²) in [6, 6.07) is 0. The van der Waals surface area contributed by atoms with Crippen molar-refractivity contribution in [2.24, 2.45) is 17.3 Å². The summed E-state index contributed by atoms with van der Waals surface area (Å²) in [5.74, 6) is -11.6. The molecule has 0 aromatic rings. The van der Waals surface area contributed by atoms with Crippen LogP contribution in [0.3, 0.4) is 0 Å². The van der Waals surface area contributed by atoms with Gasteiger partial charge >= 0.3 is 24.7 Å². The summed E-state index contributed by atoms with van der Waals surface area (Å²) in [4.78, 5) is -0.712. The maximum atomic E-state index is 15.5. The van der Waals surface area contributed by atoms with Gasteiger partial charge in [0, 0.05) is 13.1 Å². The van der Waals surface area contributed by atoms with Gasteiger partial charge in [-0.15, -0.1) is 0 Å². The molecular weight excluding hydrogens is 597 g/mol. The number of hydrogen-bond acceptors (Lipinski definition) is 3. The molecule has 2 saturated heterocycles. The first-order chi connectivity index (χ1) is 17.2. The van der Waals surface area contributed by atoms with E-state index >= 15 is 8.78 Å². The van der Waals surface area contributed by atoms with Crippen molar-refractivity contribution in [2.45, 2.75) is 68.2 Å². The van der Waals surface area contributed by atoms with Gasteiger partial charge in [0.05, 0.1) is 37.1 Å². The molecular formula is C19H20F17NO2. The van der Waals surface area contributed by atoms with E-state index in [2.05, 4.69) is 9.47 Å². The molecule has 2 heterocycles. The standard InChI is InChI=1S/C19H20F17NO2/c1-13(15(23,24)11(20)18(31,32)33)6-38-5-10(39-7-13)14(22,19(34,35)36)12(21)37-3-8(16(25,26)27)2-9(4-37)17(28,29)30/h8-12H,2-7H2,1H3. The lowest BCUT2D eigenvalue weighted by Crippen LogP contribution is -2.66. The van der Waals surface area contributed by atoms with E-state index in [1.54, 1.807) is 0 Å². The second kappa shape index (κ2) is 10.5. The molecule has 0 bridgehead atoms. The van der Waals surface area contributed by atoms with Crippen LogP contribution in [0.2, 0.25) is 0 Å². The van der Waals surface area contributed by atoms with E-state index in [4.69, 9.17) is 0 Å². The molecule has 0 amide bonds. The molecule has 7 atom stereocenters. The molecule has 232 valence electrons. The van der Waals surface area contributed by atoms with E-state index in [0.29, 0.717) is 0 Å². The average Bonchev–Trinajstić information content (AvgIpc) is 2.97. The quantitative estimate of drug-likeness (QED) is 0.258. The van der Waals surface area contributed by atoms with Gasteiger partial charge in [0.2, 0.25) is 0 Å². The molecule has 20 heteroatoms. The summed E-state index contributed by atoms with van der Waals surface area (Å²) >= 11 is 0. The molecule has 2 aliphatic heterocycles. The number of nitrogens with zero attached hydrogens (tertiary/aromatic N) is 1. The summed E-state index contributed by atoms with van der Waals surface area (Å²) in [5.41, 5.74) is -8.96. The van der Waals surface area contributed by atoms with Crippen molar-refractivity contribution >= 4 is 0 Å². The highest BCUT2D eigenvalue weighted by atomic mass is 19.4. The number of alkyl halides is 17. The van der Waals surface area contributed by atoms with Crippen LogP contribution < -0.4 is 0 Å². The third-order valence-electron chi connectivity index (χ3n) is 6.68. The van der Waals surface area contributed by atoms with Gasteiger partial charge in [-0.25, -0.2) is 22.0 Å². The average molecular weight is 617 g/mol. The molecule has 0 N–H and O–H groups in total. The van der Waals surface area contributed by atoms with Crippen LogP contribution in [0.5, 0.6) is 0 Å². The number of halogens is 17. The molecule has 0 spiro atoms.